The molecule has 2 atom stereocenters. The largest absolute Gasteiger partial charge is 0.469 e. The number of rotatable bonds is 9. The maximum atomic E-state index is 12.1. The molecule has 0 spiro atoms. The van der Waals surface area contributed by atoms with Crippen LogP contribution >= 0.6 is 23.4 Å². The molecule has 1 aromatic rings. The Morgan fingerprint density at radius 1 is 1.31 bits per heavy atom. The summed E-state index contributed by atoms with van der Waals surface area (Å²) in [6, 6.07) is 5.41. The minimum atomic E-state index is -1.42. The molecule has 0 aromatic heterocycles. The van der Waals surface area contributed by atoms with Gasteiger partial charge in [0, 0.05) is 18.6 Å². The van der Waals surface area contributed by atoms with Crippen molar-refractivity contribution >= 4 is 52.0 Å². The van der Waals surface area contributed by atoms with Gasteiger partial charge in [0.05, 0.1) is 30.2 Å². The number of nitro benzene ring substituents is 1. The van der Waals surface area contributed by atoms with E-state index in [2.05, 4.69) is 4.74 Å². The lowest BCUT2D eigenvalue weighted by atomic mass is 10.2. The zero-order valence-electron chi connectivity index (χ0n) is 15.2. The van der Waals surface area contributed by atoms with Crippen molar-refractivity contribution in [1.29, 1.82) is 0 Å². The van der Waals surface area contributed by atoms with Gasteiger partial charge in [-0.25, -0.2) is 4.79 Å². The molecule has 1 amide bonds. The van der Waals surface area contributed by atoms with Crippen LogP contribution in [0, 0.1) is 10.1 Å². The van der Waals surface area contributed by atoms with Crippen molar-refractivity contribution in [1.82, 2.24) is 4.90 Å². The van der Waals surface area contributed by atoms with Crippen LogP contribution < -0.4 is 0 Å². The van der Waals surface area contributed by atoms with Gasteiger partial charge in [-0.05, 0) is 17.7 Å². The normalized spacial score (nSPS) is 16.6. The number of non-ortho nitro benzene ring substituents is 1. The predicted molar refractivity (Wildman–Crippen MR) is 102 cm³/mol. The Morgan fingerprint density at radius 2 is 1.97 bits per heavy atom. The van der Waals surface area contributed by atoms with Crippen molar-refractivity contribution < 1.29 is 33.6 Å². The zero-order chi connectivity index (χ0) is 21.6. The summed E-state index contributed by atoms with van der Waals surface area (Å²) in [4.78, 5) is 58.1. The third-order valence-corrected chi connectivity index (χ3v) is 5.46. The lowest BCUT2D eigenvalue weighted by Gasteiger charge is -2.41. The van der Waals surface area contributed by atoms with Crippen LogP contribution in [-0.2, 0) is 35.3 Å². The Bertz CT molecular complexity index is 816. The molecule has 1 heterocycles. The molecule has 12 heteroatoms. The number of carbonyl (C=O) groups is 4. The van der Waals surface area contributed by atoms with E-state index in [1.54, 1.807) is 0 Å². The topological polar surface area (TPSA) is 133 Å². The number of ether oxygens (including phenoxy) is 2. The number of amides is 1. The fourth-order valence-electron chi connectivity index (χ4n) is 2.34. The number of methoxy groups -OCH3 is 1. The highest BCUT2D eigenvalue weighted by molar-refractivity contribution is 8.14. The molecule has 0 radical (unpaired) electrons. The molecule has 1 aliphatic heterocycles. The fraction of sp³-hybridized carbons (Fsp3) is 0.412. The lowest BCUT2D eigenvalue weighted by Crippen LogP contribution is -2.57. The third-order valence-electron chi connectivity index (χ3n) is 3.94. The van der Waals surface area contributed by atoms with Crippen LogP contribution in [0.5, 0.6) is 0 Å². The maximum absolute atomic E-state index is 12.1. The molecule has 0 N–H and O–H groups in total. The van der Waals surface area contributed by atoms with Gasteiger partial charge in [-0.15, -0.1) is 0 Å². The molecule has 0 aliphatic carbocycles. The summed E-state index contributed by atoms with van der Waals surface area (Å²) in [6.45, 7) is -0.183. The number of thioether (sulfide) groups is 1. The average Bonchev–Trinajstić information content (AvgIpc) is 2.69. The molecular weight excluding hydrogens is 428 g/mol. The maximum Gasteiger partial charge on any atom is 0.345 e. The van der Waals surface area contributed by atoms with Gasteiger partial charge in [0.2, 0.25) is 11.4 Å². The Morgan fingerprint density at radius 3 is 2.52 bits per heavy atom. The van der Waals surface area contributed by atoms with Crippen LogP contribution in [0.1, 0.15) is 24.8 Å². The minimum absolute atomic E-state index is 0.0352. The molecule has 0 unspecified atom stereocenters. The van der Waals surface area contributed by atoms with Gasteiger partial charge in [-0.3, -0.25) is 24.5 Å². The van der Waals surface area contributed by atoms with Crippen LogP contribution in [0.3, 0.4) is 0 Å². The summed E-state index contributed by atoms with van der Waals surface area (Å²) in [7, 11) is 1.21. The Balaban J connectivity index is 1.85. The fourth-order valence-corrected chi connectivity index (χ4v) is 3.82. The highest BCUT2D eigenvalue weighted by atomic mass is 35.5. The van der Waals surface area contributed by atoms with Crippen molar-refractivity contribution in [3.63, 3.8) is 0 Å². The molecular formula is C17H17ClN2O8S. The summed E-state index contributed by atoms with van der Waals surface area (Å²) in [6.07, 6.45) is -0.106. The van der Waals surface area contributed by atoms with Crippen LogP contribution in [0.2, 0.25) is 0 Å². The average molecular weight is 445 g/mol. The molecule has 1 aliphatic rings. The van der Waals surface area contributed by atoms with Crippen molar-refractivity contribution in [2.45, 2.75) is 36.7 Å². The first kappa shape index (κ1) is 22.6. The number of nitro groups is 1. The van der Waals surface area contributed by atoms with Gasteiger partial charge in [0.25, 0.3) is 5.69 Å². The summed E-state index contributed by atoms with van der Waals surface area (Å²) in [5.41, 5.74) is -1.01. The number of hydrogen-bond acceptors (Lipinski definition) is 9. The van der Waals surface area contributed by atoms with E-state index in [4.69, 9.17) is 16.3 Å². The van der Waals surface area contributed by atoms with E-state index in [1.165, 1.54) is 31.4 Å². The number of hydrogen-bond donors (Lipinski definition) is 0. The molecule has 1 fully saturated rings. The van der Waals surface area contributed by atoms with E-state index < -0.39 is 33.6 Å². The van der Waals surface area contributed by atoms with Gasteiger partial charge in [-0.1, -0.05) is 23.4 Å². The van der Waals surface area contributed by atoms with Crippen molar-refractivity contribution in [2.75, 3.05) is 7.11 Å². The van der Waals surface area contributed by atoms with Gasteiger partial charge >= 0.3 is 11.9 Å². The van der Waals surface area contributed by atoms with Crippen molar-refractivity contribution in [3.05, 3.63) is 39.9 Å². The summed E-state index contributed by atoms with van der Waals surface area (Å²) in [5.74, 6) is -1.81. The highest BCUT2D eigenvalue weighted by Gasteiger charge is 2.45. The molecule has 10 nitrogen and oxygen atoms in total. The molecule has 1 aromatic carbocycles. The number of halogens is 1. The quantitative estimate of drug-likeness (QED) is 0.140. The van der Waals surface area contributed by atoms with E-state index in [-0.39, 0.29) is 36.7 Å². The summed E-state index contributed by atoms with van der Waals surface area (Å²) >= 11 is 6.85. The Labute approximate surface area is 174 Å². The lowest BCUT2D eigenvalue weighted by molar-refractivity contribution is -0.384. The van der Waals surface area contributed by atoms with E-state index in [1.807, 2.05) is 0 Å². The number of nitrogens with zero attached hydrogens (tertiary/aromatic N) is 2. The predicted octanol–water partition coefficient (Wildman–Crippen LogP) is 1.97. The first-order chi connectivity index (χ1) is 13.7. The van der Waals surface area contributed by atoms with Crippen molar-refractivity contribution in [3.8, 4) is 0 Å². The van der Waals surface area contributed by atoms with Crippen LogP contribution in [0.4, 0.5) is 5.69 Å². The summed E-state index contributed by atoms with van der Waals surface area (Å²) < 4.78 is 9.51. The summed E-state index contributed by atoms with van der Waals surface area (Å²) in [5, 5.41) is 9.67. The van der Waals surface area contributed by atoms with Gasteiger partial charge in [0.1, 0.15) is 6.61 Å². The van der Waals surface area contributed by atoms with Crippen LogP contribution in [0.25, 0.3) is 0 Å². The highest BCUT2D eigenvalue weighted by Crippen LogP contribution is 2.34. The number of esters is 2. The number of β-lactam (4-membered cyclic amide) rings is 1. The number of likely N-dealkylation sites (tertiary alicyclic amines) is 1. The van der Waals surface area contributed by atoms with E-state index >= 15 is 0 Å². The first-order valence-electron chi connectivity index (χ1n) is 8.34. The van der Waals surface area contributed by atoms with Gasteiger partial charge in [0.15, 0.2) is 5.12 Å². The monoisotopic (exact) mass is 444 g/mol. The molecule has 1 saturated heterocycles. The smallest absolute Gasteiger partial charge is 0.345 e. The van der Waals surface area contributed by atoms with Gasteiger partial charge < -0.3 is 14.4 Å². The van der Waals surface area contributed by atoms with Crippen LogP contribution in [0.15, 0.2) is 24.3 Å². The van der Waals surface area contributed by atoms with E-state index in [9.17, 15) is 29.3 Å². The standard InChI is InChI=1S/C17H17ClN2O8S/c1-27-14(22)6-7-15(23)29-13-8-12(21)19(13)16(18)17(24)28-9-10-2-4-11(5-3-10)20(25)26/h2-5,13,16H,6-9H2,1H3/t13-,16-/m1/s1. The van der Waals surface area contributed by atoms with E-state index in [0.29, 0.717) is 5.56 Å². The SMILES string of the molecule is COC(=O)CCC(=O)S[C@@H]1CC(=O)N1[C@@H](Cl)C(=O)OCc1ccc([N+](=O)[O-])cc1. The second-order valence-electron chi connectivity index (χ2n) is 5.89. The molecule has 2 rings (SSSR count). The molecule has 156 valence electrons. The zero-order valence-corrected chi connectivity index (χ0v) is 16.8. The second kappa shape index (κ2) is 10.2. The van der Waals surface area contributed by atoms with E-state index in [0.717, 1.165) is 16.7 Å². The molecule has 0 bridgehead atoms. The Kier molecular flexibility index (Phi) is 7.97. The minimum Gasteiger partial charge on any atom is -0.469 e. The second-order valence-corrected chi connectivity index (χ2v) is 7.54. The first-order valence-corrected chi connectivity index (χ1v) is 9.66. The third kappa shape index (κ3) is 6.16. The number of alkyl halides is 1. The molecule has 0 saturated carbocycles. The van der Waals surface area contributed by atoms with Crippen LogP contribution in [-0.4, -0.2) is 50.8 Å². The Hall–Kier alpha value is -2.66. The number of benzene rings is 1. The van der Waals surface area contributed by atoms with Crippen molar-refractivity contribution in [2.24, 2.45) is 0 Å². The molecule has 29 heavy (non-hydrogen) atoms. The van der Waals surface area contributed by atoms with Gasteiger partial charge in [-0.2, -0.15) is 0 Å². The number of carbonyl (C=O) groups excluding carboxylic acids is 4.